The Balaban J connectivity index is 1.92. The zero-order chi connectivity index (χ0) is 19.6. The molecule has 2 rings (SSSR count). The van der Waals surface area contributed by atoms with Gasteiger partial charge in [-0.25, -0.2) is 4.99 Å². The highest BCUT2D eigenvalue weighted by Crippen LogP contribution is 2.19. The number of aryl methyl sites for hydroxylation is 1. The van der Waals surface area contributed by atoms with Crippen LogP contribution < -0.4 is 15.4 Å². The van der Waals surface area contributed by atoms with Gasteiger partial charge >= 0.3 is 0 Å². The normalized spacial score (nSPS) is 16.9. The second-order valence-corrected chi connectivity index (χ2v) is 7.06. The number of likely N-dealkylation sites (N-methyl/N-ethyl adjacent to an activating group) is 1. The van der Waals surface area contributed by atoms with Crippen molar-refractivity contribution < 1.29 is 14.3 Å². The number of aliphatic imine (C=N–C) groups is 1. The Morgan fingerprint density at radius 3 is 2.85 bits per heavy atom. The highest BCUT2D eigenvalue weighted by Gasteiger charge is 2.16. The van der Waals surface area contributed by atoms with Gasteiger partial charge in [0.25, 0.3) is 0 Å². The van der Waals surface area contributed by atoms with Crippen molar-refractivity contribution in [1.29, 1.82) is 0 Å². The van der Waals surface area contributed by atoms with Gasteiger partial charge in [-0.15, -0.1) is 0 Å². The Bertz CT molecular complexity index is 640. The molecule has 1 fully saturated rings. The van der Waals surface area contributed by atoms with Gasteiger partial charge in [-0.2, -0.15) is 0 Å². The number of guanidine groups is 1. The lowest BCUT2D eigenvalue weighted by atomic mass is 10.1. The summed E-state index contributed by atoms with van der Waals surface area (Å²) in [6, 6.07) is 6.17. The predicted molar refractivity (Wildman–Crippen MR) is 107 cm³/mol. The molecule has 150 valence electrons. The molecule has 1 aliphatic heterocycles. The lowest BCUT2D eigenvalue weighted by Crippen LogP contribution is -2.41. The maximum atomic E-state index is 11.9. The summed E-state index contributed by atoms with van der Waals surface area (Å²) >= 11 is 0. The largest absolute Gasteiger partial charge is 0.496 e. The van der Waals surface area contributed by atoms with E-state index in [9.17, 15) is 4.79 Å². The average Bonchev–Trinajstić information content (AvgIpc) is 3.16. The van der Waals surface area contributed by atoms with Gasteiger partial charge in [0.15, 0.2) is 5.96 Å². The predicted octanol–water partition coefficient (Wildman–Crippen LogP) is 1.21. The Morgan fingerprint density at radius 2 is 2.19 bits per heavy atom. The van der Waals surface area contributed by atoms with Gasteiger partial charge < -0.3 is 25.0 Å². The number of carbonyl (C=O) groups excluding carboxylic acids is 1. The van der Waals surface area contributed by atoms with E-state index in [0.29, 0.717) is 18.4 Å². The molecule has 1 aromatic rings. The van der Waals surface area contributed by atoms with E-state index in [-0.39, 0.29) is 12.5 Å². The molecule has 1 atom stereocenters. The first kappa shape index (κ1) is 21.0. The standard InChI is InChI=1S/C20H32N4O3/c1-15-5-6-18(26-4)17(11-15)7-9-21-20(23-13-19(25)24(2)3)22-12-16-8-10-27-14-16/h5-6,11,16H,7-10,12-14H2,1-4H3,(H2,21,22,23). The number of hydrogen-bond donors (Lipinski definition) is 2. The van der Waals surface area contributed by atoms with Crippen LogP contribution in [0, 0.1) is 12.8 Å². The highest BCUT2D eigenvalue weighted by molar-refractivity contribution is 5.84. The fraction of sp³-hybridized carbons (Fsp3) is 0.600. The molecule has 0 aromatic heterocycles. The van der Waals surface area contributed by atoms with Gasteiger partial charge in [-0.05, 0) is 31.4 Å². The third kappa shape index (κ3) is 7.09. The first-order valence-corrected chi connectivity index (χ1v) is 9.43. The number of nitrogens with one attached hydrogen (secondary N) is 2. The van der Waals surface area contributed by atoms with Crippen molar-refractivity contribution in [2.45, 2.75) is 19.8 Å². The zero-order valence-corrected chi connectivity index (χ0v) is 16.9. The van der Waals surface area contributed by atoms with E-state index in [1.807, 2.05) is 12.1 Å². The van der Waals surface area contributed by atoms with Gasteiger partial charge in [0.05, 0.1) is 13.7 Å². The minimum Gasteiger partial charge on any atom is -0.496 e. The van der Waals surface area contributed by atoms with Crippen LogP contribution in [-0.2, 0) is 16.0 Å². The molecule has 27 heavy (non-hydrogen) atoms. The summed E-state index contributed by atoms with van der Waals surface area (Å²) < 4.78 is 10.9. The molecule has 0 radical (unpaired) electrons. The number of methoxy groups -OCH3 is 1. The number of nitrogens with zero attached hydrogens (tertiary/aromatic N) is 2. The zero-order valence-electron chi connectivity index (χ0n) is 16.9. The van der Waals surface area contributed by atoms with Crippen molar-refractivity contribution in [3.05, 3.63) is 29.3 Å². The van der Waals surface area contributed by atoms with Gasteiger partial charge in [0.1, 0.15) is 12.3 Å². The minimum absolute atomic E-state index is 0.0272. The maximum Gasteiger partial charge on any atom is 0.243 e. The van der Waals surface area contributed by atoms with Crippen molar-refractivity contribution in [2.75, 3.05) is 54.1 Å². The molecule has 0 aliphatic carbocycles. The molecule has 1 unspecified atom stereocenters. The molecule has 2 N–H and O–H groups in total. The van der Waals surface area contributed by atoms with Crippen molar-refractivity contribution in [3.63, 3.8) is 0 Å². The molecule has 7 heteroatoms. The van der Waals surface area contributed by atoms with Crippen LogP contribution in [0.25, 0.3) is 0 Å². The lowest BCUT2D eigenvalue weighted by molar-refractivity contribution is -0.127. The number of rotatable bonds is 8. The van der Waals surface area contributed by atoms with Gasteiger partial charge in [0.2, 0.25) is 5.91 Å². The van der Waals surface area contributed by atoms with E-state index < -0.39 is 0 Å². The molecule has 0 spiro atoms. The monoisotopic (exact) mass is 376 g/mol. The topological polar surface area (TPSA) is 75.2 Å². The van der Waals surface area contributed by atoms with Gasteiger partial charge in [0, 0.05) is 39.7 Å². The summed E-state index contributed by atoms with van der Waals surface area (Å²) in [5, 5.41) is 6.67. The van der Waals surface area contributed by atoms with Crippen molar-refractivity contribution in [1.82, 2.24) is 15.5 Å². The third-order valence-corrected chi connectivity index (χ3v) is 4.58. The van der Waals surface area contributed by atoms with Crippen LogP contribution >= 0.6 is 0 Å². The molecule has 7 nitrogen and oxygen atoms in total. The van der Waals surface area contributed by atoms with E-state index in [1.54, 1.807) is 26.1 Å². The highest BCUT2D eigenvalue weighted by atomic mass is 16.5. The summed E-state index contributed by atoms with van der Waals surface area (Å²) in [7, 11) is 5.16. The molecular formula is C20H32N4O3. The third-order valence-electron chi connectivity index (χ3n) is 4.58. The Morgan fingerprint density at radius 1 is 1.37 bits per heavy atom. The maximum absolute atomic E-state index is 11.9. The van der Waals surface area contributed by atoms with Crippen LogP contribution in [0.2, 0.25) is 0 Å². The molecule has 1 amide bonds. The van der Waals surface area contributed by atoms with E-state index in [2.05, 4.69) is 28.6 Å². The first-order valence-electron chi connectivity index (χ1n) is 9.43. The summed E-state index contributed by atoms with van der Waals surface area (Å²) in [4.78, 5) is 17.8. The SMILES string of the molecule is COc1ccc(C)cc1CCNC(=NCC(=O)N(C)C)NCC1CCOC1. The van der Waals surface area contributed by atoms with Crippen LogP contribution in [0.4, 0.5) is 0 Å². The smallest absolute Gasteiger partial charge is 0.243 e. The molecule has 0 bridgehead atoms. The van der Waals surface area contributed by atoms with Gasteiger partial charge in [-0.3, -0.25) is 4.79 Å². The Kier molecular flexibility index (Phi) is 8.39. The summed E-state index contributed by atoms with van der Waals surface area (Å²) in [5.41, 5.74) is 2.36. The molecule has 1 aliphatic rings. The quantitative estimate of drug-likeness (QED) is 0.527. The van der Waals surface area contributed by atoms with E-state index in [0.717, 1.165) is 43.9 Å². The number of hydrogen-bond acceptors (Lipinski definition) is 4. The second-order valence-electron chi connectivity index (χ2n) is 7.06. The van der Waals surface area contributed by atoms with Crippen LogP contribution in [-0.4, -0.2) is 70.8 Å². The molecule has 1 saturated heterocycles. The Hall–Kier alpha value is -2.28. The van der Waals surface area contributed by atoms with E-state index in [1.165, 1.54) is 5.56 Å². The number of carbonyl (C=O) groups is 1. The van der Waals surface area contributed by atoms with Crippen LogP contribution in [0.1, 0.15) is 17.5 Å². The first-order chi connectivity index (χ1) is 13.0. The van der Waals surface area contributed by atoms with Crippen molar-refractivity contribution in [3.8, 4) is 5.75 Å². The van der Waals surface area contributed by atoms with Gasteiger partial charge in [-0.1, -0.05) is 17.7 Å². The number of amides is 1. The van der Waals surface area contributed by atoms with Crippen molar-refractivity contribution in [2.24, 2.45) is 10.9 Å². The van der Waals surface area contributed by atoms with E-state index >= 15 is 0 Å². The van der Waals surface area contributed by atoms with E-state index in [4.69, 9.17) is 9.47 Å². The van der Waals surface area contributed by atoms with Crippen molar-refractivity contribution >= 4 is 11.9 Å². The van der Waals surface area contributed by atoms with Crippen LogP contribution in [0.3, 0.4) is 0 Å². The molecular weight excluding hydrogens is 344 g/mol. The fourth-order valence-electron chi connectivity index (χ4n) is 2.87. The minimum atomic E-state index is -0.0272. The number of benzene rings is 1. The molecule has 0 saturated carbocycles. The second kappa shape index (κ2) is 10.8. The van der Waals surface area contributed by atoms with Crippen LogP contribution in [0.15, 0.2) is 23.2 Å². The fourth-order valence-corrected chi connectivity index (χ4v) is 2.87. The summed E-state index contributed by atoms with van der Waals surface area (Å²) in [5.74, 6) is 2.00. The summed E-state index contributed by atoms with van der Waals surface area (Å²) in [6.45, 7) is 5.27. The average molecular weight is 377 g/mol. The van der Waals surface area contributed by atoms with Crippen LogP contribution in [0.5, 0.6) is 5.75 Å². The number of ether oxygens (including phenoxy) is 2. The molecule has 1 aromatic carbocycles. The lowest BCUT2D eigenvalue weighted by Gasteiger charge is -2.16. The molecule has 1 heterocycles. The Labute approximate surface area is 162 Å². The summed E-state index contributed by atoms with van der Waals surface area (Å²) in [6.07, 6.45) is 1.86.